The Labute approximate surface area is 182 Å². The van der Waals surface area contributed by atoms with Crippen molar-refractivity contribution in [3.63, 3.8) is 0 Å². The smallest absolute Gasteiger partial charge is 0.256 e. The van der Waals surface area contributed by atoms with Gasteiger partial charge in [-0.25, -0.2) is 17.8 Å². The maximum atomic E-state index is 13.1. The Morgan fingerprint density at radius 1 is 1.09 bits per heavy atom. The van der Waals surface area contributed by atoms with E-state index in [0.29, 0.717) is 0 Å². The Bertz CT molecular complexity index is 1300. The molecule has 2 heterocycles. The number of sulfone groups is 1. The van der Waals surface area contributed by atoms with Gasteiger partial charge in [-0.05, 0) is 24.3 Å². The highest BCUT2D eigenvalue weighted by molar-refractivity contribution is 7.90. The van der Waals surface area contributed by atoms with Gasteiger partial charge in [0.1, 0.15) is 22.3 Å². The van der Waals surface area contributed by atoms with Crippen LogP contribution in [-0.2, 0) is 9.84 Å². The first-order valence-corrected chi connectivity index (χ1v) is 10.9. The number of pyridine rings is 1. The third-order valence-electron chi connectivity index (χ3n) is 4.19. The average molecular weight is 459 g/mol. The number of ketones is 1. The van der Waals surface area contributed by atoms with Crippen molar-refractivity contribution >= 4 is 38.9 Å². The van der Waals surface area contributed by atoms with Crippen molar-refractivity contribution in [2.45, 2.75) is 11.8 Å². The summed E-state index contributed by atoms with van der Waals surface area (Å²) in [6, 6.07) is 7.44. The van der Waals surface area contributed by atoms with Crippen LogP contribution in [0.25, 0.3) is 0 Å². The van der Waals surface area contributed by atoms with Crippen LogP contribution in [0.2, 0.25) is 0 Å². The van der Waals surface area contributed by atoms with E-state index in [-0.39, 0.29) is 39.2 Å². The van der Waals surface area contributed by atoms with Gasteiger partial charge in [-0.15, -0.1) is 10.2 Å². The number of methoxy groups -OCH3 is 1. The van der Waals surface area contributed by atoms with Crippen LogP contribution in [0.3, 0.4) is 0 Å². The Hall–Kier alpha value is -3.93. The molecule has 0 fully saturated rings. The van der Waals surface area contributed by atoms with Gasteiger partial charge in [0.25, 0.3) is 5.91 Å². The number of hydrogen-bond donors (Lipinski definition) is 2. The number of benzene rings is 1. The maximum Gasteiger partial charge on any atom is 0.256 e. The molecule has 0 saturated heterocycles. The largest absolute Gasteiger partial charge is 0.495 e. The van der Waals surface area contributed by atoms with Gasteiger partial charge in [-0.3, -0.25) is 9.59 Å². The zero-order valence-corrected chi connectivity index (χ0v) is 18.0. The van der Waals surface area contributed by atoms with E-state index in [9.17, 15) is 22.4 Å². The minimum Gasteiger partial charge on any atom is -0.495 e. The summed E-state index contributed by atoms with van der Waals surface area (Å²) in [5, 5.41) is 12.9. The quantitative estimate of drug-likeness (QED) is 0.510. The molecule has 3 rings (SSSR count). The Balaban J connectivity index is 1.98. The number of anilines is 3. The molecule has 0 aliphatic carbocycles. The number of carbonyl (C=O) groups is 2. The summed E-state index contributed by atoms with van der Waals surface area (Å²) in [6.07, 6.45) is 2.30. The van der Waals surface area contributed by atoms with Crippen LogP contribution in [-0.4, -0.2) is 48.7 Å². The molecular formula is C20H18FN5O5S. The zero-order chi connectivity index (χ0) is 23.5. The third kappa shape index (κ3) is 5.21. The lowest BCUT2D eigenvalue weighted by Gasteiger charge is -2.14. The van der Waals surface area contributed by atoms with Crippen LogP contribution in [0.1, 0.15) is 27.8 Å². The number of carbonyl (C=O) groups excluding carboxylic acids is 2. The molecule has 10 nitrogen and oxygen atoms in total. The van der Waals surface area contributed by atoms with Gasteiger partial charge in [0.05, 0.1) is 19.0 Å². The van der Waals surface area contributed by atoms with Crippen LogP contribution >= 0.6 is 0 Å². The summed E-state index contributed by atoms with van der Waals surface area (Å²) in [6.45, 7) is 1.25. The summed E-state index contributed by atoms with van der Waals surface area (Å²) >= 11 is 0. The molecule has 166 valence electrons. The van der Waals surface area contributed by atoms with Crippen LogP contribution in [0, 0.1) is 5.82 Å². The lowest BCUT2D eigenvalue weighted by Crippen LogP contribution is -2.15. The minimum absolute atomic E-state index is 0.0266. The van der Waals surface area contributed by atoms with Crippen LogP contribution in [0.15, 0.2) is 47.5 Å². The molecule has 0 unspecified atom stereocenters. The molecule has 0 atom stereocenters. The number of aromatic nitrogens is 3. The number of halogens is 1. The fraction of sp³-hybridized carbons (Fsp3) is 0.150. The van der Waals surface area contributed by atoms with E-state index in [1.807, 2.05) is 0 Å². The predicted octanol–water partition coefficient (Wildman–Crippen LogP) is 2.62. The highest BCUT2D eigenvalue weighted by Gasteiger charge is 2.20. The molecule has 0 aliphatic heterocycles. The Morgan fingerprint density at radius 3 is 2.38 bits per heavy atom. The third-order valence-corrected chi connectivity index (χ3v) is 5.30. The van der Waals surface area contributed by atoms with Gasteiger partial charge in [-0.2, -0.15) is 0 Å². The molecule has 0 bridgehead atoms. The van der Waals surface area contributed by atoms with E-state index < -0.39 is 27.3 Å². The van der Waals surface area contributed by atoms with Crippen LogP contribution < -0.4 is 15.4 Å². The summed E-state index contributed by atoms with van der Waals surface area (Å²) in [5.41, 5.74) is 0.154. The highest BCUT2D eigenvalue weighted by Crippen LogP contribution is 2.28. The summed E-state index contributed by atoms with van der Waals surface area (Å²) < 4.78 is 42.5. The molecule has 2 N–H and O–H groups in total. The number of nitrogens with zero attached hydrogens (tertiary/aromatic N) is 3. The van der Waals surface area contributed by atoms with Crippen molar-refractivity contribution < 1.29 is 27.1 Å². The van der Waals surface area contributed by atoms with E-state index >= 15 is 0 Å². The second-order valence-corrected chi connectivity index (χ2v) is 8.61. The normalized spacial score (nSPS) is 11.0. The van der Waals surface area contributed by atoms with Crippen molar-refractivity contribution in [3.05, 3.63) is 59.7 Å². The molecular weight excluding hydrogens is 441 g/mol. The molecule has 1 amide bonds. The molecule has 2 aromatic heterocycles. The number of amides is 1. The fourth-order valence-corrected chi connectivity index (χ4v) is 3.43. The lowest BCUT2D eigenvalue weighted by molar-refractivity contribution is 0.101. The van der Waals surface area contributed by atoms with E-state index in [0.717, 1.165) is 18.4 Å². The molecule has 0 spiro atoms. The Kier molecular flexibility index (Phi) is 6.44. The van der Waals surface area contributed by atoms with Gasteiger partial charge in [0.2, 0.25) is 0 Å². The van der Waals surface area contributed by atoms with E-state index in [1.54, 1.807) is 0 Å². The summed E-state index contributed by atoms with van der Waals surface area (Å²) in [4.78, 5) is 28.3. The van der Waals surface area contributed by atoms with Gasteiger partial charge in [0, 0.05) is 30.9 Å². The molecule has 0 radical (unpaired) electrons. The molecule has 12 heteroatoms. The van der Waals surface area contributed by atoms with E-state index in [1.165, 1.54) is 44.5 Å². The second-order valence-electron chi connectivity index (χ2n) is 6.63. The zero-order valence-electron chi connectivity index (χ0n) is 17.2. The van der Waals surface area contributed by atoms with E-state index in [4.69, 9.17) is 4.74 Å². The molecule has 0 saturated carbocycles. The van der Waals surface area contributed by atoms with Crippen molar-refractivity contribution in [2.75, 3.05) is 24.0 Å². The molecule has 1 aromatic carbocycles. The predicted molar refractivity (Wildman–Crippen MR) is 114 cm³/mol. The van der Waals surface area contributed by atoms with Crippen molar-refractivity contribution in [1.29, 1.82) is 0 Å². The molecule has 3 aromatic rings. The molecule has 0 aliphatic rings. The number of ether oxygens (including phenoxy) is 1. The van der Waals surface area contributed by atoms with Gasteiger partial charge in [0.15, 0.2) is 27.1 Å². The van der Waals surface area contributed by atoms with Crippen molar-refractivity contribution in [1.82, 2.24) is 15.2 Å². The Morgan fingerprint density at radius 2 is 1.78 bits per heavy atom. The lowest BCUT2D eigenvalue weighted by atomic mass is 10.2. The van der Waals surface area contributed by atoms with E-state index in [2.05, 4.69) is 25.8 Å². The van der Waals surface area contributed by atoms with Gasteiger partial charge >= 0.3 is 0 Å². The summed E-state index contributed by atoms with van der Waals surface area (Å²) in [5.74, 6) is -1.40. The SMILES string of the molecule is COc1cnc(Nc2cc(NC(=O)c3ccc(F)cc3)nnc2C(C)=O)c(S(C)(=O)=O)c1. The average Bonchev–Trinajstić information content (AvgIpc) is 2.73. The van der Waals surface area contributed by atoms with Crippen LogP contribution in [0.4, 0.5) is 21.7 Å². The first kappa shape index (κ1) is 22.7. The number of rotatable bonds is 7. The van der Waals surface area contributed by atoms with Gasteiger partial charge < -0.3 is 15.4 Å². The first-order valence-electron chi connectivity index (χ1n) is 9.05. The standard InChI is InChI=1S/C20H18FN5O5S/c1-11(27)18-15(23-19-16(32(3,29)30)8-14(31-2)10-22-19)9-17(25-26-18)24-20(28)12-4-6-13(21)7-5-12/h4-10H,1-3H3,(H2,22,23,24,25,28). The second kappa shape index (κ2) is 9.06. The van der Waals surface area contributed by atoms with Gasteiger partial charge in [-0.1, -0.05) is 0 Å². The van der Waals surface area contributed by atoms with Crippen molar-refractivity contribution in [2.24, 2.45) is 0 Å². The maximum absolute atomic E-state index is 13.1. The monoisotopic (exact) mass is 459 g/mol. The first-order chi connectivity index (χ1) is 15.1. The van der Waals surface area contributed by atoms with Crippen molar-refractivity contribution in [3.8, 4) is 5.75 Å². The number of Topliss-reactive ketones (excluding diaryl/α,β-unsaturated/α-hetero) is 1. The fourth-order valence-electron chi connectivity index (χ4n) is 2.64. The van der Waals surface area contributed by atoms with Crippen LogP contribution in [0.5, 0.6) is 5.75 Å². The highest BCUT2D eigenvalue weighted by atomic mass is 32.2. The minimum atomic E-state index is -3.71. The molecule has 32 heavy (non-hydrogen) atoms. The number of hydrogen-bond acceptors (Lipinski definition) is 9. The number of nitrogens with one attached hydrogen (secondary N) is 2. The topological polar surface area (TPSA) is 140 Å². The summed E-state index contributed by atoms with van der Waals surface area (Å²) in [7, 11) is -2.35.